The van der Waals surface area contributed by atoms with Gasteiger partial charge in [0, 0.05) is 19.1 Å². The summed E-state index contributed by atoms with van der Waals surface area (Å²) in [6.07, 6.45) is 4.58. The molecule has 1 amide bonds. The number of carboxylic acid groups (broad SMARTS) is 1. The first-order valence-corrected chi connectivity index (χ1v) is 8.58. The fourth-order valence-electron chi connectivity index (χ4n) is 3.74. The van der Waals surface area contributed by atoms with Gasteiger partial charge in [-0.1, -0.05) is 12.8 Å². The fourth-order valence-corrected chi connectivity index (χ4v) is 3.74. The zero-order valence-electron chi connectivity index (χ0n) is 14.7. The Bertz CT molecular complexity index is 446. The van der Waals surface area contributed by atoms with Crippen LogP contribution in [0.5, 0.6) is 0 Å². The van der Waals surface area contributed by atoms with E-state index in [0.29, 0.717) is 19.0 Å². The number of hydrogen-bond donors (Lipinski definition) is 2. The maximum Gasteiger partial charge on any atom is 0.410 e. The van der Waals surface area contributed by atoms with Gasteiger partial charge in [-0.25, -0.2) is 4.79 Å². The molecule has 132 valence electrons. The van der Waals surface area contributed by atoms with E-state index < -0.39 is 17.1 Å². The quantitative estimate of drug-likeness (QED) is 0.812. The number of carbonyl (C=O) groups excluding carboxylic acids is 1. The number of nitrogens with zero attached hydrogens (tertiary/aromatic N) is 1. The zero-order chi connectivity index (χ0) is 17.3. The third kappa shape index (κ3) is 4.83. The molecule has 0 aromatic rings. The molecule has 2 N–H and O–H groups in total. The van der Waals surface area contributed by atoms with Crippen molar-refractivity contribution in [3.8, 4) is 0 Å². The summed E-state index contributed by atoms with van der Waals surface area (Å²) in [5.74, 6) is -0.226. The Morgan fingerprint density at radius 3 is 2.35 bits per heavy atom. The second kappa shape index (κ2) is 6.67. The van der Waals surface area contributed by atoms with Crippen LogP contribution in [0.2, 0.25) is 0 Å². The van der Waals surface area contributed by atoms with Gasteiger partial charge >= 0.3 is 12.1 Å². The van der Waals surface area contributed by atoms with Crippen LogP contribution in [0.1, 0.15) is 59.8 Å². The summed E-state index contributed by atoms with van der Waals surface area (Å²) in [7, 11) is 0. The predicted molar refractivity (Wildman–Crippen MR) is 87.3 cm³/mol. The monoisotopic (exact) mass is 326 g/mol. The van der Waals surface area contributed by atoms with Crippen LogP contribution >= 0.6 is 0 Å². The number of hydrogen-bond acceptors (Lipinski definition) is 4. The standard InChI is InChI=1S/C17H30N2O4/c1-12(13-7-5-6-8-13)18-17(9-14(20)21)10-19(11-17)15(22)23-16(2,3)4/h12-13,18H,5-11H2,1-4H3,(H,20,21). The van der Waals surface area contributed by atoms with Gasteiger partial charge in [0.2, 0.25) is 0 Å². The average molecular weight is 326 g/mol. The Morgan fingerprint density at radius 1 is 1.30 bits per heavy atom. The van der Waals surface area contributed by atoms with Crippen molar-refractivity contribution >= 4 is 12.1 Å². The highest BCUT2D eigenvalue weighted by Gasteiger charge is 2.49. The normalized spacial score (nSPS) is 22.5. The number of ether oxygens (including phenoxy) is 1. The molecule has 6 nitrogen and oxygen atoms in total. The molecule has 1 aliphatic heterocycles. The van der Waals surface area contributed by atoms with Crippen molar-refractivity contribution in [2.45, 2.75) is 77.0 Å². The van der Waals surface area contributed by atoms with E-state index in [1.807, 2.05) is 20.8 Å². The second-order valence-corrected chi connectivity index (χ2v) is 8.16. The number of aliphatic carboxylic acids is 1. The lowest BCUT2D eigenvalue weighted by molar-refractivity contribution is -0.141. The van der Waals surface area contributed by atoms with Gasteiger partial charge in [0.15, 0.2) is 0 Å². The van der Waals surface area contributed by atoms with E-state index in [0.717, 1.165) is 0 Å². The number of likely N-dealkylation sites (tertiary alicyclic amines) is 1. The SMILES string of the molecule is CC(NC1(CC(=O)O)CN(C(=O)OC(C)(C)C)C1)C1CCCC1. The Balaban J connectivity index is 1.94. The minimum Gasteiger partial charge on any atom is -0.481 e. The van der Waals surface area contributed by atoms with Crippen molar-refractivity contribution in [2.75, 3.05) is 13.1 Å². The molecule has 1 aliphatic carbocycles. The Labute approximate surface area is 138 Å². The van der Waals surface area contributed by atoms with Crippen molar-refractivity contribution in [3.05, 3.63) is 0 Å². The molecule has 1 unspecified atom stereocenters. The van der Waals surface area contributed by atoms with Gasteiger partial charge in [0.25, 0.3) is 0 Å². The van der Waals surface area contributed by atoms with Crippen LogP contribution < -0.4 is 5.32 Å². The molecule has 0 bridgehead atoms. The van der Waals surface area contributed by atoms with Crippen molar-refractivity contribution in [2.24, 2.45) is 5.92 Å². The fraction of sp³-hybridized carbons (Fsp3) is 0.882. The van der Waals surface area contributed by atoms with Crippen molar-refractivity contribution in [1.29, 1.82) is 0 Å². The third-order valence-corrected chi connectivity index (χ3v) is 4.77. The molecular formula is C17H30N2O4. The summed E-state index contributed by atoms with van der Waals surface area (Å²) in [5, 5.41) is 12.7. The first-order valence-electron chi connectivity index (χ1n) is 8.58. The summed E-state index contributed by atoms with van der Waals surface area (Å²) in [5.41, 5.74) is -1.06. The van der Waals surface area contributed by atoms with E-state index in [1.54, 1.807) is 4.90 Å². The molecule has 1 saturated carbocycles. The number of rotatable bonds is 5. The first kappa shape index (κ1) is 18.0. The molecule has 0 radical (unpaired) electrons. The van der Waals surface area contributed by atoms with Crippen LogP contribution in [-0.4, -0.2) is 52.3 Å². The predicted octanol–water partition coefficient (Wildman–Crippen LogP) is 2.62. The Hall–Kier alpha value is -1.30. The van der Waals surface area contributed by atoms with Crippen LogP contribution in [0.3, 0.4) is 0 Å². The van der Waals surface area contributed by atoms with Gasteiger partial charge < -0.3 is 20.1 Å². The number of carbonyl (C=O) groups is 2. The lowest BCUT2D eigenvalue weighted by atomic mass is 9.84. The zero-order valence-corrected chi connectivity index (χ0v) is 14.7. The van der Waals surface area contributed by atoms with Gasteiger partial charge in [0.05, 0.1) is 12.0 Å². The van der Waals surface area contributed by atoms with Crippen molar-refractivity contribution < 1.29 is 19.4 Å². The summed E-state index contributed by atoms with van der Waals surface area (Å²) < 4.78 is 5.36. The van der Waals surface area contributed by atoms with Gasteiger partial charge in [0.1, 0.15) is 5.60 Å². The third-order valence-electron chi connectivity index (χ3n) is 4.77. The van der Waals surface area contributed by atoms with E-state index in [1.165, 1.54) is 25.7 Å². The average Bonchev–Trinajstić information content (AvgIpc) is 2.85. The number of nitrogens with one attached hydrogen (secondary N) is 1. The van der Waals surface area contributed by atoms with E-state index in [2.05, 4.69) is 12.2 Å². The summed E-state index contributed by atoms with van der Waals surface area (Å²) in [6.45, 7) is 8.41. The molecule has 2 aliphatic rings. The molecule has 0 spiro atoms. The Kier molecular flexibility index (Phi) is 5.23. The molecule has 23 heavy (non-hydrogen) atoms. The molecule has 1 atom stereocenters. The maximum absolute atomic E-state index is 12.1. The molecule has 2 fully saturated rings. The smallest absolute Gasteiger partial charge is 0.410 e. The van der Waals surface area contributed by atoms with E-state index in [4.69, 9.17) is 4.74 Å². The van der Waals surface area contributed by atoms with E-state index in [9.17, 15) is 14.7 Å². The van der Waals surface area contributed by atoms with Gasteiger partial charge in [-0.15, -0.1) is 0 Å². The summed E-state index contributed by atoms with van der Waals surface area (Å²) in [4.78, 5) is 24.9. The topological polar surface area (TPSA) is 78.9 Å². The van der Waals surface area contributed by atoms with Crippen LogP contribution in [0.4, 0.5) is 4.79 Å². The first-order chi connectivity index (χ1) is 10.6. The molecular weight excluding hydrogens is 296 g/mol. The summed E-state index contributed by atoms with van der Waals surface area (Å²) in [6, 6.07) is 0.276. The lowest BCUT2D eigenvalue weighted by Crippen LogP contribution is -2.73. The molecule has 0 aromatic carbocycles. The van der Waals surface area contributed by atoms with Crippen LogP contribution in [0.25, 0.3) is 0 Å². The van der Waals surface area contributed by atoms with E-state index in [-0.39, 0.29) is 18.6 Å². The molecule has 0 aromatic heterocycles. The van der Waals surface area contributed by atoms with Crippen molar-refractivity contribution in [3.63, 3.8) is 0 Å². The molecule has 6 heteroatoms. The van der Waals surface area contributed by atoms with Gasteiger partial charge in [-0.2, -0.15) is 0 Å². The number of amides is 1. The lowest BCUT2D eigenvalue weighted by Gasteiger charge is -2.51. The van der Waals surface area contributed by atoms with Crippen LogP contribution in [0.15, 0.2) is 0 Å². The minimum absolute atomic E-state index is 0.0311. The van der Waals surface area contributed by atoms with Gasteiger partial charge in [-0.05, 0) is 46.5 Å². The highest BCUT2D eigenvalue weighted by Crippen LogP contribution is 2.32. The molecule has 2 rings (SSSR count). The minimum atomic E-state index is -0.833. The highest BCUT2D eigenvalue weighted by atomic mass is 16.6. The number of carboxylic acids is 1. The van der Waals surface area contributed by atoms with Crippen LogP contribution in [0, 0.1) is 5.92 Å². The maximum atomic E-state index is 12.1. The largest absolute Gasteiger partial charge is 0.481 e. The highest BCUT2D eigenvalue weighted by molar-refractivity contribution is 5.73. The molecule has 1 heterocycles. The molecule has 1 saturated heterocycles. The van der Waals surface area contributed by atoms with Crippen molar-refractivity contribution in [1.82, 2.24) is 10.2 Å². The Morgan fingerprint density at radius 2 is 1.87 bits per heavy atom. The summed E-state index contributed by atoms with van der Waals surface area (Å²) >= 11 is 0. The second-order valence-electron chi connectivity index (χ2n) is 8.16. The van der Waals surface area contributed by atoms with E-state index >= 15 is 0 Å². The van der Waals surface area contributed by atoms with Crippen LogP contribution in [-0.2, 0) is 9.53 Å². The van der Waals surface area contributed by atoms with Gasteiger partial charge in [-0.3, -0.25) is 4.79 Å².